The van der Waals surface area contributed by atoms with E-state index in [0.29, 0.717) is 44.2 Å². The molecule has 8 nitrogen and oxygen atoms in total. The van der Waals surface area contributed by atoms with Crippen LogP contribution >= 0.6 is 0 Å². The minimum absolute atomic E-state index is 0.0476. The van der Waals surface area contributed by atoms with Crippen LogP contribution in [0.4, 0.5) is 14.9 Å². The molecule has 1 saturated carbocycles. The Bertz CT molecular complexity index is 1190. The van der Waals surface area contributed by atoms with Crippen LogP contribution in [0.3, 0.4) is 0 Å². The van der Waals surface area contributed by atoms with Crippen molar-refractivity contribution in [2.75, 3.05) is 31.5 Å². The SMILES string of the molecule is CC1CN(C(=O)c2ccc(NC(=O)NCC3CC3)c(F)c2)CCN1Cc1cccc(C(=O)NC(C)(C)C)c1. The van der Waals surface area contributed by atoms with Crippen molar-refractivity contribution in [1.29, 1.82) is 0 Å². The van der Waals surface area contributed by atoms with E-state index in [4.69, 9.17) is 0 Å². The van der Waals surface area contributed by atoms with Crippen molar-refractivity contribution in [2.24, 2.45) is 5.92 Å². The molecule has 9 heteroatoms. The maximum atomic E-state index is 14.7. The predicted molar refractivity (Wildman–Crippen MR) is 146 cm³/mol. The predicted octanol–water partition coefficient (Wildman–Crippen LogP) is 4.23. The van der Waals surface area contributed by atoms with Crippen molar-refractivity contribution in [2.45, 2.75) is 58.7 Å². The highest BCUT2D eigenvalue weighted by Crippen LogP contribution is 2.27. The Labute approximate surface area is 224 Å². The number of benzene rings is 2. The quantitative estimate of drug-likeness (QED) is 0.506. The van der Waals surface area contributed by atoms with Crippen molar-refractivity contribution in [3.8, 4) is 0 Å². The lowest BCUT2D eigenvalue weighted by Gasteiger charge is -2.40. The third-order valence-electron chi connectivity index (χ3n) is 6.83. The molecule has 1 atom stereocenters. The van der Waals surface area contributed by atoms with Gasteiger partial charge in [-0.3, -0.25) is 14.5 Å². The first-order valence-electron chi connectivity index (χ1n) is 13.3. The number of carbonyl (C=O) groups excluding carboxylic acids is 3. The van der Waals surface area contributed by atoms with Crippen LogP contribution in [0.15, 0.2) is 42.5 Å². The summed E-state index contributed by atoms with van der Waals surface area (Å²) < 4.78 is 14.7. The van der Waals surface area contributed by atoms with E-state index < -0.39 is 11.8 Å². The summed E-state index contributed by atoms with van der Waals surface area (Å²) in [6, 6.07) is 11.4. The van der Waals surface area contributed by atoms with E-state index in [1.54, 1.807) is 11.0 Å². The van der Waals surface area contributed by atoms with Gasteiger partial charge < -0.3 is 20.9 Å². The second-order valence-electron chi connectivity index (χ2n) is 11.4. The van der Waals surface area contributed by atoms with E-state index in [1.165, 1.54) is 12.1 Å². The average molecular weight is 524 g/mol. The maximum absolute atomic E-state index is 14.7. The molecule has 4 rings (SSSR count). The first kappa shape index (κ1) is 27.6. The summed E-state index contributed by atoms with van der Waals surface area (Å²) in [6.45, 7) is 10.8. The van der Waals surface area contributed by atoms with E-state index in [2.05, 4.69) is 27.8 Å². The molecular formula is C29H38FN5O3. The van der Waals surface area contributed by atoms with Gasteiger partial charge in [0.2, 0.25) is 0 Å². The third kappa shape index (κ3) is 7.54. The first-order valence-corrected chi connectivity index (χ1v) is 13.3. The van der Waals surface area contributed by atoms with Gasteiger partial charge in [-0.15, -0.1) is 0 Å². The summed E-state index contributed by atoms with van der Waals surface area (Å²) in [5.74, 6) is -0.450. The van der Waals surface area contributed by atoms with Crippen molar-refractivity contribution < 1.29 is 18.8 Å². The van der Waals surface area contributed by atoms with Crippen molar-refractivity contribution in [1.82, 2.24) is 20.4 Å². The molecule has 3 N–H and O–H groups in total. The maximum Gasteiger partial charge on any atom is 0.319 e. The van der Waals surface area contributed by atoms with Crippen LogP contribution in [0, 0.1) is 11.7 Å². The Kier molecular flexibility index (Phi) is 8.35. The molecule has 4 amide bonds. The molecule has 1 aliphatic carbocycles. The number of nitrogens with zero attached hydrogens (tertiary/aromatic N) is 2. The zero-order valence-electron chi connectivity index (χ0n) is 22.6. The Balaban J connectivity index is 1.31. The normalized spacial score (nSPS) is 18.1. The molecular weight excluding hydrogens is 485 g/mol. The minimum atomic E-state index is -0.639. The topological polar surface area (TPSA) is 93.8 Å². The number of anilines is 1. The Morgan fingerprint density at radius 2 is 1.79 bits per heavy atom. The second-order valence-corrected chi connectivity index (χ2v) is 11.4. The average Bonchev–Trinajstić information content (AvgIpc) is 3.69. The standard InChI is InChI=1S/C29H38FN5O3/c1-19-17-35(13-12-34(19)18-21-6-5-7-22(14-21)26(36)33-29(2,3)4)27(37)23-10-11-25(24(30)15-23)32-28(38)31-16-20-8-9-20/h5-7,10-11,14-15,19-20H,8-9,12-13,16-18H2,1-4H3,(H,33,36)(H2,31,32,38). The van der Waals surface area contributed by atoms with Gasteiger partial charge in [0.05, 0.1) is 5.69 Å². The van der Waals surface area contributed by atoms with Crippen LogP contribution in [-0.2, 0) is 6.54 Å². The molecule has 0 radical (unpaired) electrons. The number of piperazine rings is 1. The summed E-state index contributed by atoms with van der Waals surface area (Å²) in [7, 11) is 0. The molecule has 1 unspecified atom stereocenters. The highest BCUT2D eigenvalue weighted by molar-refractivity contribution is 5.96. The van der Waals surface area contributed by atoms with Gasteiger partial charge >= 0.3 is 6.03 Å². The number of hydrogen-bond donors (Lipinski definition) is 3. The van der Waals surface area contributed by atoms with Gasteiger partial charge in [-0.1, -0.05) is 12.1 Å². The molecule has 0 bridgehead atoms. The number of carbonyl (C=O) groups is 3. The lowest BCUT2D eigenvalue weighted by molar-refractivity contribution is 0.0494. The number of amides is 4. The Morgan fingerprint density at radius 3 is 2.45 bits per heavy atom. The van der Waals surface area contributed by atoms with Gasteiger partial charge in [0, 0.05) is 55.4 Å². The Morgan fingerprint density at radius 1 is 1.03 bits per heavy atom. The molecule has 1 aliphatic heterocycles. The summed E-state index contributed by atoms with van der Waals surface area (Å²) in [5.41, 5.74) is 1.65. The molecule has 2 fully saturated rings. The summed E-state index contributed by atoms with van der Waals surface area (Å²) >= 11 is 0. The van der Waals surface area contributed by atoms with Crippen molar-refractivity contribution in [3.63, 3.8) is 0 Å². The summed E-state index contributed by atoms with van der Waals surface area (Å²) in [4.78, 5) is 41.7. The monoisotopic (exact) mass is 523 g/mol. The van der Waals surface area contributed by atoms with Gasteiger partial charge in [0.25, 0.3) is 11.8 Å². The lowest BCUT2D eigenvalue weighted by atomic mass is 10.0. The summed E-state index contributed by atoms with van der Waals surface area (Å²) in [6.07, 6.45) is 2.23. The molecule has 204 valence electrons. The molecule has 0 spiro atoms. The van der Waals surface area contributed by atoms with Crippen LogP contribution in [-0.4, -0.2) is 65.4 Å². The second kappa shape index (κ2) is 11.5. The molecule has 2 aromatic carbocycles. The number of nitrogens with one attached hydrogen (secondary N) is 3. The third-order valence-corrected chi connectivity index (χ3v) is 6.83. The van der Waals surface area contributed by atoms with Gasteiger partial charge in [-0.05, 0) is 82.3 Å². The number of hydrogen-bond acceptors (Lipinski definition) is 4. The zero-order chi connectivity index (χ0) is 27.4. The molecule has 0 aromatic heterocycles. The molecule has 1 saturated heterocycles. The number of urea groups is 1. The van der Waals surface area contributed by atoms with E-state index in [9.17, 15) is 18.8 Å². The van der Waals surface area contributed by atoms with E-state index in [1.807, 2.05) is 45.0 Å². The van der Waals surface area contributed by atoms with Crippen LogP contribution in [0.5, 0.6) is 0 Å². The fourth-order valence-corrected chi connectivity index (χ4v) is 4.53. The molecule has 38 heavy (non-hydrogen) atoms. The van der Waals surface area contributed by atoms with E-state index in [0.717, 1.165) is 18.4 Å². The number of rotatable bonds is 7. The van der Waals surface area contributed by atoms with Gasteiger partial charge in [0.1, 0.15) is 5.82 Å². The highest BCUT2D eigenvalue weighted by Gasteiger charge is 2.28. The zero-order valence-corrected chi connectivity index (χ0v) is 22.6. The van der Waals surface area contributed by atoms with Gasteiger partial charge in [-0.25, -0.2) is 9.18 Å². The molecule has 2 aliphatic rings. The molecule has 2 aromatic rings. The van der Waals surface area contributed by atoms with Gasteiger partial charge in [0.15, 0.2) is 0 Å². The smallest absolute Gasteiger partial charge is 0.319 e. The largest absolute Gasteiger partial charge is 0.347 e. The van der Waals surface area contributed by atoms with Gasteiger partial charge in [-0.2, -0.15) is 0 Å². The van der Waals surface area contributed by atoms with Crippen LogP contribution in [0.2, 0.25) is 0 Å². The fourth-order valence-electron chi connectivity index (χ4n) is 4.53. The highest BCUT2D eigenvalue weighted by atomic mass is 19.1. The van der Waals surface area contributed by atoms with E-state index in [-0.39, 0.29) is 34.6 Å². The van der Waals surface area contributed by atoms with Crippen LogP contribution in [0.25, 0.3) is 0 Å². The van der Waals surface area contributed by atoms with E-state index >= 15 is 0 Å². The van der Waals surface area contributed by atoms with Crippen LogP contribution in [0.1, 0.15) is 66.8 Å². The fraction of sp³-hybridized carbons (Fsp3) is 0.483. The lowest BCUT2D eigenvalue weighted by Crippen LogP contribution is -2.53. The van der Waals surface area contributed by atoms with Crippen molar-refractivity contribution >= 4 is 23.5 Å². The Hall–Kier alpha value is -3.46. The van der Waals surface area contributed by atoms with Crippen LogP contribution < -0.4 is 16.0 Å². The minimum Gasteiger partial charge on any atom is -0.347 e. The molecule has 1 heterocycles. The summed E-state index contributed by atoms with van der Waals surface area (Å²) in [5, 5.41) is 8.24. The van der Waals surface area contributed by atoms with Crippen molar-refractivity contribution in [3.05, 3.63) is 65.0 Å². The first-order chi connectivity index (χ1) is 18.0. The number of halogens is 1.